The molecule has 1 heterocycles. The minimum absolute atomic E-state index is 0.0361. The molecule has 1 unspecified atom stereocenters. The first kappa shape index (κ1) is 15.4. The fourth-order valence-corrected chi connectivity index (χ4v) is 3.87. The zero-order chi connectivity index (χ0) is 14.9. The van der Waals surface area contributed by atoms with Gasteiger partial charge in [0.2, 0.25) is 10.0 Å². The number of carboxylic acid groups (broad SMARTS) is 1. The number of aryl methyl sites for hydroxylation is 1. The van der Waals surface area contributed by atoms with Crippen LogP contribution in [0.4, 0.5) is 0 Å². The number of morpholine rings is 1. The SMILES string of the molecule is Cc1cc(S(=O)(=O)N2CCOCC2C(=O)O)ccc1Br. The van der Waals surface area contributed by atoms with Crippen molar-refractivity contribution in [2.75, 3.05) is 19.8 Å². The normalized spacial score (nSPS) is 20.8. The van der Waals surface area contributed by atoms with Gasteiger partial charge in [-0.1, -0.05) is 15.9 Å². The van der Waals surface area contributed by atoms with Crippen LogP contribution in [0.1, 0.15) is 5.56 Å². The molecule has 0 aromatic heterocycles. The molecule has 1 saturated heterocycles. The average Bonchev–Trinajstić information content (AvgIpc) is 2.41. The molecular weight excluding hydrogens is 350 g/mol. The summed E-state index contributed by atoms with van der Waals surface area (Å²) in [4.78, 5) is 11.3. The van der Waals surface area contributed by atoms with Crippen LogP contribution in [0, 0.1) is 6.92 Å². The second kappa shape index (κ2) is 5.80. The maximum Gasteiger partial charge on any atom is 0.324 e. The number of ether oxygens (including phenoxy) is 1. The van der Waals surface area contributed by atoms with E-state index in [9.17, 15) is 13.2 Å². The summed E-state index contributed by atoms with van der Waals surface area (Å²) in [7, 11) is -3.84. The van der Waals surface area contributed by atoms with Crippen molar-refractivity contribution in [2.24, 2.45) is 0 Å². The molecule has 0 bridgehead atoms. The largest absolute Gasteiger partial charge is 0.480 e. The Morgan fingerprint density at radius 1 is 1.50 bits per heavy atom. The van der Waals surface area contributed by atoms with Crippen LogP contribution < -0.4 is 0 Å². The van der Waals surface area contributed by atoms with Gasteiger partial charge in [0.05, 0.1) is 18.1 Å². The number of nitrogens with zero attached hydrogens (tertiary/aromatic N) is 1. The molecule has 1 aliphatic heterocycles. The number of aliphatic carboxylic acids is 1. The summed E-state index contributed by atoms with van der Waals surface area (Å²) in [5, 5.41) is 9.12. The van der Waals surface area contributed by atoms with E-state index in [0.717, 1.165) is 14.3 Å². The van der Waals surface area contributed by atoms with E-state index >= 15 is 0 Å². The summed E-state index contributed by atoms with van der Waals surface area (Å²) in [6, 6.07) is 3.44. The van der Waals surface area contributed by atoms with Crippen molar-refractivity contribution in [3.8, 4) is 0 Å². The molecule has 0 spiro atoms. The highest BCUT2D eigenvalue weighted by atomic mass is 79.9. The van der Waals surface area contributed by atoms with Crippen LogP contribution in [-0.2, 0) is 19.6 Å². The van der Waals surface area contributed by atoms with E-state index in [2.05, 4.69) is 15.9 Å². The highest BCUT2D eigenvalue weighted by Crippen LogP contribution is 2.25. The number of sulfonamides is 1. The second-order valence-electron chi connectivity index (χ2n) is 4.46. The highest BCUT2D eigenvalue weighted by molar-refractivity contribution is 9.10. The van der Waals surface area contributed by atoms with Crippen LogP contribution in [0.25, 0.3) is 0 Å². The van der Waals surface area contributed by atoms with Crippen LogP contribution in [0.2, 0.25) is 0 Å². The van der Waals surface area contributed by atoms with E-state index in [1.807, 2.05) is 0 Å². The van der Waals surface area contributed by atoms with E-state index in [0.29, 0.717) is 0 Å². The van der Waals surface area contributed by atoms with E-state index < -0.39 is 22.0 Å². The first-order chi connectivity index (χ1) is 9.34. The van der Waals surface area contributed by atoms with Gasteiger partial charge in [-0.3, -0.25) is 4.79 Å². The summed E-state index contributed by atoms with van der Waals surface area (Å²) < 4.78 is 32.0. The molecule has 20 heavy (non-hydrogen) atoms. The first-order valence-electron chi connectivity index (χ1n) is 5.92. The molecule has 8 heteroatoms. The Balaban J connectivity index is 2.42. The number of carbonyl (C=O) groups is 1. The molecule has 0 aliphatic carbocycles. The maximum atomic E-state index is 12.6. The van der Waals surface area contributed by atoms with E-state index in [4.69, 9.17) is 9.84 Å². The van der Waals surface area contributed by atoms with Gasteiger partial charge in [0.25, 0.3) is 0 Å². The molecule has 6 nitrogen and oxygen atoms in total. The topological polar surface area (TPSA) is 83.9 Å². The number of carboxylic acids is 1. The lowest BCUT2D eigenvalue weighted by Crippen LogP contribution is -2.52. The monoisotopic (exact) mass is 363 g/mol. The summed E-state index contributed by atoms with van der Waals surface area (Å²) in [6.07, 6.45) is 0. The van der Waals surface area contributed by atoms with Crippen molar-refractivity contribution < 1.29 is 23.1 Å². The first-order valence-corrected chi connectivity index (χ1v) is 8.16. The molecule has 1 N–H and O–H groups in total. The number of hydrogen-bond acceptors (Lipinski definition) is 4. The smallest absolute Gasteiger partial charge is 0.324 e. The van der Waals surface area contributed by atoms with Crippen LogP contribution in [-0.4, -0.2) is 49.6 Å². The third-order valence-corrected chi connectivity index (χ3v) is 5.89. The molecule has 1 aromatic rings. The van der Waals surface area contributed by atoms with Gasteiger partial charge in [-0.05, 0) is 30.7 Å². The van der Waals surface area contributed by atoms with Crippen LogP contribution in [0.3, 0.4) is 0 Å². The maximum absolute atomic E-state index is 12.6. The van der Waals surface area contributed by atoms with E-state index in [1.54, 1.807) is 13.0 Å². The molecule has 1 aromatic carbocycles. The zero-order valence-electron chi connectivity index (χ0n) is 10.7. The molecule has 1 fully saturated rings. The summed E-state index contributed by atoms with van der Waals surface area (Å²) >= 11 is 3.30. The molecule has 1 atom stereocenters. The van der Waals surface area contributed by atoms with Gasteiger partial charge in [0.1, 0.15) is 6.04 Å². The van der Waals surface area contributed by atoms with Crippen molar-refractivity contribution in [1.29, 1.82) is 0 Å². The number of benzene rings is 1. The Kier molecular flexibility index (Phi) is 4.48. The lowest BCUT2D eigenvalue weighted by molar-refractivity contribution is -0.146. The van der Waals surface area contributed by atoms with Gasteiger partial charge in [-0.25, -0.2) is 8.42 Å². The Morgan fingerprint density at radius 3 is 2.80 bits per heavy atom. The van der Waals surface area contributed by atoms with Gasteiger partial charge in [0.15, 0.2) is 0 Å². The lowest BCUT2D eigenvalue weighted by Gasteiger charge is -2.31. The van der Waals surface area contributed by atoms with Gasteiger partial charge in [0, 0.05) is 11.0 Å². The van der Waals surface area contributed by atoms with Gasteiger partial charge in [-0.15, -0.1) is 0 Å². The molecule has 0 amide bonds. The molecule has 0 saturated carbocycles. The Bertz CT molecular complexity index is 631. The quantitative estimate of drug-likeness (QED) is 0.872. The van der Waals surface area contributed by atoms with Crippen molar-refractivity contribution >= 4 is 31.9 Å². The number of hydrogen-bond donors (Lipinski definition) is 1. The van der Waals surface area contributed by atoms with Crippen molar-refractivity contribution in [3.63, 3.8) is 0 Å². The number of halogens is 1. The van der Waals surface area contributed by atoms with Crippen LogP contribution >= 0.6 is 15.9 Å². The predicted molar refractivity (Wildman–Crippen MR) is 75.0 cm³/mol. The van der Waals surface area contributed by atoms with Gasteiger partial charge in [-0.2, -0.15) is 4.31 Å². The van der Waals surface area contributed by atoms with Crippen molar-refractivity contribution in [2.45, 2.75) is 17.9 Å². The number of rotatable bonds is 3. The van der Waals surface area contributed by atoms with Crippen molar-refractivity contribution in [1.82, 2.24) is 4.31 Å². The second-order valence-corrected chi connectivity index (χ2v) is 7.20. The van der Waals surface area contributed by atoms with Gasteiger partial charge >= 0.3 is 5.97 Å². The minimum Gasteiger partial charge on any atom is -0.480 e. The summed E-state index contributed by atoms with van der Waals surface area (Å²) in [5.74, 6) is -1.21. The summed E-state index contributed by atoms with van der Waals surface area (Å²) in [5.41, 5.74) is 0.770. The molecular formula is C12H14BrNO5S. The fraction of sp³-hybridized carbons (Fsp3) is 0.417. The summed E-state index contributed by atoms with van der Waals surface area (Å²) in [6.45, 7) is 1.87. The molecule has 2 rings (SSSR count). The molecule has 110 valence electrons. The van der Waals surface area contributed by atoms with Crippen LogP contribution in [0.15, 0.2) is 27.6 Å². The van der Waals surface area contributed by atoms with Gasteiger partial charge < -0.3 is 9.84 Å². The Hall–Kier alpha value is -0.960. The van der Waals surface area contributed by atoms with Crippen LogP contribution in [0.5, 0.6) is 0 Å². The van der Waals surface area contributed by atoms with E-state index in [-0.39, 0.29) is 24.7 Å². The predicted octanol–water partition coefficient (Wildman–Crippen LogP) is 1.23. The zero-order valence-corrected chi connectivity index (χ0v) is 13.1. The highest BCUT2D eigenvalue weighted by Gasteiger charge is 2.38. The standard InChI is InChI=1S/C12H14BrNO5S/c1-8-6-9(2-3-10(8)13)20(17,18)14-4-5-19-7-11(14)12(15)16/h2-3,6,11H,4-5,7H2,1H3,(H,15,16). The van der Waals surface area contributed by atoms with Crippen molar-refractivity contribution in [3.05, 3.63) is 28.2 Å². The molecule has 0 radical (unpaired) electrons. The fourth-order valence-electron chi connectivity index (χ4n) is 1.98. The average molecular weight is 364 g/mol. The Morgan fingerprint density at radius 2 is 2.20 bits per heavy atom. The Labute approximate surface area is 125 Å². The third-order valence-electron chi connectivity index (χ3n) is 3.10. The third kappa shape index (κ3) is 2.88. The lowest BCUT2D eigenvalue weighted by atomic mass is 10.2. The molecule has 1 aliphatic rings. The minimum atomic E-state index is -3.84. The van der Waals surface area contributed by atoms with E-state index in [1.165, 1.54) is 12.1 Å².